The zero-order valence-electron chi connectivity index (χ0n) is 16.4. The van der Waals surface area contributed by atoms with Gasteiger partial charge in [-0.3, -0.25) is 4.79 Å². The van der Waals surface area contributed by atoms with Crippen molar-refractivity contribution in [1.82, 2.24) is 10.6 Å². The predicted molar refractivity (Wildman–Crippen MR) is 113 cm³/mol. The lowest BCUT2D eigenvalue weighted by molar-refractivity contribution is -0.122. The maximum atomic E-state index is 12.7. The minimum atomic E-state index is -0.256. The van der Waals surface area contributed by atoms with Crippen LogP contribution in [0.4, 0.5) is 0 Å². The summed E-state index contributed by atoms with van der Waals surface area (Å²) >= 11 is 3.42. The average Bonchev–Trinajstić information content (AvgIpc) is 2.65. The van der Waals surface area contributed by atoms with Crippen LogP contribution in [-0.4, -0.2) is 11.9 Å². The Bertz CT molecular complexity index is 773. The summed E-state index contributed by atoms with van der Waals surface area (Å²) in [6, 6.07) is 10.1. The zero-order valence-corrected chi connectivity index (χ0v) is 18.0. The maximum absolute atomic E-state index is 12.7. The maximum Gasteiger partial charge on any atom is 0.263 e. The van der Waals surface area contributed by atoms with Gasteiger partial charge in [-0.2, -0.15) is 5.26 Å². The van der Waals surface area contributed by atoms with Gasteiger partial charge < -0.3 is 10.6 Å². The molecule has 0 radical (unpaired) electrons. The predicted octanol–water partition coefficient (Wildman–Crippen LogP) is 4.67. The topological polar surface area (TPSA) is 64.9 Å². The zero-order chi connectivity index (χ0) is 19.7. The molecule has 1 unspecified atom stereocenters. The average molecular weight is 442 g/mol. The van der Waals surface area contributed by atoms with Crippen molar-refractivity contribution in [2.45, 2.75) is 58.0 Å². The van der Waals surface area contributed by atoms with Crippen LogP contribution in [0, 0.1) is 34.5 Å². The van der Waals surface area contributed by atoms with Crippen LogP contribution >= 0.6 is 15.9 Å². The van der Waals surface area contributed by atoms with Gasteiger partial charge in [0.1, 0.15) is 11.6 Å². The Morgan fingerprint density at radius 3 is 2.32 bits per heavy atom. The van der Waals surface area contributed by atoms with Crippen molar-refractivity contribution >= 4 is 21.8 Å². The molecule has 0 aliphatic heterocycles. The molecule has 28 heavy (non-hydrogen) atoms. The highest BCUT2D eigenvalue weighted by molar-refractivity contribution is 9.10. The molecular formula is C23H28BrN3O. The molecule has 1 aromatic rings. The Hall–Kier alpha value is -1.80. The highest BCUT2D eigenvalue weighted by atomic mass is 79.9. The van der Waals surface area contributed by atoms with Crippen LogP contribution in [0.15, 0.2) is 40.5 Å². The van der Waals surface area contributed by atoms with Crippen LogP contribution in [0.5, 0.6) is 0 Å². The second-order valence-electron chi connectivity index (χ2n) is 9.15. The van der Waals surface area contributed by atoms with E-state index >= 15 is 0 Å². The van der Waals surface area contributed by atoms with Gasteiger partial charge in [0.15, 0.2) is 0 Å². The van der Waals surface area contributed by atoms with Crippen LogP contribution in [0.1, 0.15) is 51.0 Å². The summed E-state index contributed by atoms with van der Waals surface area (Å²) in [7, 11) is 0. The molecule has 1 amide bonds. The van der Waals surface area contributed by atoms with Crippen molar-refractivity contribution in [3.05, 3.63) is 46.1 Å². The molecule has 0 saturated heterocycles. The van der Waals surface area contributed by atoms with Crippen molar-refractivity contribution < 1.29 is 4.79 Å². The van der Waals surface area contributed by atoms with Crippen molar-refractivity contribution in [2.24, 2.45) is 23.2 Å². The van der Waals surface area contributed by atoms with Crippen molar-refractivity contribution in [3.63, 3.8) is 0 Å². The summed E-state index contributed by atoms with van der Waals surface area (Å²) < 4.78 is 1.03. The van der Waals surface area contributed by atoms with Crippen LogP contribution in [0.25, 0.3) is 0 Å². The fourth-order valence-electron chi connectivity index (χ4n) is 6.16. The first kappa shape index (κ1) is 19.5. The number of benzene rings is 1. The van der Waals surface area contributed by atoms with Crippen LogP contribution in [0.2, 0.25) is 0 Å². The number of amides is 1. The van der Waals surface area contributed by atoms with Crippen molar-refractivity contribution in [2.75, 3.05) is 0 Å². The number of nitrogens with one attached hydrogen (secondary N) is 2. The lowest BCUT2D eigenvalue weighted by atomic mass is 9.48. The monoisotopic (exact) mass is 441 g/mol. The second kappa shape index (κ2) is 7.91. The Morgan fingerprint density at radius 2 is 1.79 bits per heavy atom. The molecule has 4 aliphatic carbocycles. The summed E-state index contributed by atoms with van der Waals surface area (Å²) in [4.78, 5) is 12.7. The lowest BCUT2D eigenvalue weighted by Crippen LogP contribution is -2.56. The highest BCUT2D eigenvalue weighted by Crippen LogP contribution is 2.61. The molecule has 4 saturated carbocycles. The number of nitrogens with zero attached hydrogens (tertiary/aromatic N) is 1. The molecule has 2 N–H and O–H groups in total. The minimum absolute atomic E-state index is 0.122. The van der Waals surface area contributed by atoms with E-state index in [9.17, 15) is 10.1 Å². The van der Waals surface area contributed by atoms with E-state index in [1.807, 2.05) is 24.3 Å². The number of hydrogen-bond acceptors (Lipinski definition) is 3. The van der Waals surface area contributed by atoms with Crippen molar-refractivity contribution in [1.29, 1.82) is 5.26 Å². The molecule has 4 nitrogen and oxygen atoms in total. The quantitative estimate of drug-likeness (QED) is 0.497. The fraction of sp³-hybridized carbons (Fsp3) is 0.565. The molecule has 0 spiro atoms. The number of nitriles is 1. The third-order valence-corrected chi connectivity index (χ3v) is 7.71. The Morgan fingerprint density at radius 1 is 1.21 bits per heavy atom. The Balaban J connectivity index is 1.36. The first-order valence-corrected chi connectivity index (χ1v) is 11.2. The van der Waals surface area contributed by atoms with Gasteiger partial charge in [0, 0.05) is 23.3 Å². The summed E-state index contributed by atoms with van der Waals surface area (Å²) in [6.07, 6.45) is 9.45. The molecule has 1 atom stereocenters. The molecule has 5 rings (SSSR count). The van der Waals surface area contributed by atoms with Crippen LogP contribution in [-0.2, 0) is 11.3 Å². The fourth-order valence-corrected chi connectivity index (χ4v) is 6.42. The van der Waals surface area contributed by atoms with E-state index in [4.69, 9.17) is 0 Å². The smallest absolute Gasteiger partial charge is 0.263 e. The highest BCUT2D eigenvalue weighted by Gasteiger charge is 2.53. The first-order chi connectivity index (χ1) is 13.5. The molecule has 0 heterocycles. The van der Waals surface area contributed by atoms with E-state index in [1.54, 1.807) is 6.20 Å². The number of rotatable bonds is 6. The van der Waals surface area contributed by atoms with Crippen LogP contribution < -0.4 is 10.6 Å². The van der Waals surface area contributed by atoms with E-state index < -0.39 is 0 Å². The molecule has 148 valence electrons. The second-order valence-corrected chi connectivity index (χ2v) is 10.1. The molecule has 4 bridgehead atoms. The molecule has 0 aromatic heterocycles. The SMILES string of the molecule is CC(NC(=O)/C(C#N)=C\NCc1ccc(Br)cc1)C12CC3CC(CC(C3)C1)C2. The third kappa shape index (κ3) is 3.98. The Labute approximate surface area is 175 Å². The van der Waals surface area contributed by atoms with Gasteiger partial charge in [-0.05, 0) is 86.3 Å². The van der Waals surface area contributed by atoms with Gasteiger partial charge >= 0.3 is 0 Å². The van der Waals surface area contributed by atoms with E-state index in [-0.39, 0.29) is 22.9 Å². The van der Waals surface area contributed by atoms with E-state index in [0.29, 0.717) is 6.54 Å². The van der Waals surface area contributed by atoms with Gasteiger partial charge in [-0.25, -0.2) is 0 Å². The third-order valence-electron chi connectivity index (χ3n) is 7.18. The largest absolute Gasteiger partial charge is 0.386 e. The van der Waals surface area contributed by atoms with Gasteiger partial charge in [0.2, 0.25) is 0 Å². The normalized spacial score (nSPS) is 31.9. The molecule has 5 heteroatoms. The molecule has 1 aromatic carbocycles. The van der Waals surface area contributed by atoms with Gasteiger partial charge in [-0.1, -0.05) is 28.1 Å². The van der Waals surface area contributed by atoms with Gasteiger partial charge in [0.05, 0.1) is 0 Å². The van der Waals surface area contributed by atoms with Gasteiger partial charge in [0.25, 0.3) is 5.91 Å². The van der Waals surface area contributed by atoms with E-state index in [1.165, 1.54) is 38.5 Å². The number of halogens is 1. The minimum Gasteiger partial charge on any atom is -0.386 e. The van der Waals surface area contributed by atoms with E-state index in [2.05, 4.69) is 39.6 Å². The standard InChI is InChI=1S/C23H28BrN3O/c1-15(23-9-17-6-18(10-23)8-19(7-17)11-23)27-22(28)20(12-25)14-26-13-16-2-4-21(24)5-3-16/h2-5,14-15,17-19,26H,6-11,13H2,1H3,(H,27,28)/b20-14-. The first-order valence-electron chi connectivity index (χ1n) is 10.4. The van der Waals surface area contributed by atoms with E-state index in [0.717, 1.165) is 27.8 Å². The molecule has 4 fully saturated rings. The summed E-state index contributed by atoms with van der Waals surface area (Å²) in [6.45, 7) is 2.73. The summed E-state index contributed by atoms with van der Waals surface area (Å²) in [5.41, 5.74) is 1.49. The number of carbonyl (C=O) groups excluding carboxylic acids is 1. The van der Waals surface area contributed by atoms with Crippen molar-refractivity contribution in [3.8, 4) is 6.07 Å². The lowest BCUT2D eigenvalue weighted by Gasteiger charge is -2.59. The Kier molecular flexibility index (Phi) is 5.51. The summed E-state index contributed by atoms with van der Waals surface area (Å²) in [5.74, 6) is 2.30. The summed E-state index contributed by atoms with van der Waals surface area (Å²) in [5, 5.41) is 15.7. The number of hydrogen-bond donors (Lipinski definition) is 2. The van der Waals surface area contributed by atoms with Gasteiger partial charge in [-0.15, -0.1) is 0 Å². The van der Waals surface area contributed by atoms with Crippen LogP contribution in [0.3, 0.4) is 0 Å². The molecular weight excluding hydrogens is 414 g/mol. The number of carbonyl (C=O) groups is 1. The molecule has 4 aliphatic rings.